The molecule has 1 aromatic carbocycles. The molecule has 0 aliphatic carbocycles. The molecule has 0 atom stereocenters. The normalized spacial score (nSPS) is 11.8. The number of sulfone groups is 1. The highest BCUT2D eigenvalue weighted by molar-refractivity contribution is 7.90. The third kappa shape index (κ3) is 3.06. The summed E-state index contributed by atoms with van der Waals surface area (Å²) in [5.41, 5.74) is 2.79. The summed E-state index contributed by atoms with van der Waals surface area (Å²) in [6.45, 7) is 1.79. The number of fused-ring (bicyclic) bond motifs is 1. The highest BCUT2D eigenvalue weighted by Crippen LogP contribution is 2.26. The van der Waals surface area contributed by atoms with Gasteiger partial charge >= 0.3 is 0 Å². The van der Waals surface area contributed by atoms with Crippen LogP contribution in [0.15, 0.2) is 53.7 Å². The smallest absolute Gasteiger partial charge is 0.236 e. The highest BCUT2D eigenvalue weighted by Gasteiger charge is 2.16. The first-order valence-corrected chi connectivity index (χ1v) is 9.88. The molecule has 0 saturated carbocycles. The molecule has 0 aliphatic heterocycles. The van der Waals surface area contributed by atoms with Crippen LogP contribution in [0.3, 0.4) is 0 Å². The van der Waals surface area contributed by atoms with E-state index in [1.54, 1.807) is 37.3 Å². The summed E-state index contributed by atoms with van der Waals surface area (Å²) in [6, 6.07) is 11.7. The molecular weight excluding hydrogens is 369 g/mol. The first-order valence-electron chi connectivity index (χ1n) is 7.99. The SMILES string of the molecule is Cc1c(-c2ccc3nc(S(C)(=O)=O)ccc3c2)nnn1-c1cccnc1F. The van der Waals surface area contributed by atoms with E-state index in [-0.39, 0.29) is 10.7 Å². The molecule has 0 radical (unpaired) electrons. The van der Waals surface area contributed by atoms with Gasteiger partial charge in [-0.2, -0.15) is 4.39 Å². The summed E-state index contributed by atoms with van der Waals surface area (Å²) in [6.07, 6.45) is 2.49. The quantitative estimate of drug-likeness (QED) is 0.505. The third-order valence-corrected chi connectivity index (χ3v) is 5.17. The Morgan fingerprint density at radius 2 is 1.93 bits per heavy atom. The Morgan fingerprint density at radius 1 is 1.11 bits per heavy atom. The van der Waals surface area contributed by atoms with Gasteiger partial charge in [-0.1, -0.05) is 11.3 Å². The molecule has 9 heteroatoms. The highest BCUT2D eigenvalue weighted by atomic mass is 32.2. The number of benzene rings is 1. The van der Waals surface area contributed by atoms with Crippen LogP contribution >= 0.6 is 0 Å². The number of pyridine rings is 2. The Kier molecular flexibility index (Phi) is 3.96. The Morgan fingerprint density at radius 3 is 2.67 bits per heavy atom. The number of hydrogen-bond acceptors (Lipinski definition) is 6. The van der Waals surface area contributed by atoms with Crippen LogP contribution < -0.4 is 0 Å². The van der Waals surface area contributed by atoms with Crippen LogP contribution in [0.1, 0.15) is 5.69 Å². The van der Waals surface area contributed by atoms with E-state index < -0.39 is 15.8 Å². The largest absolute Gasteiger partial charge is 0.238 e. The summed E-state index contributed by atoms with van der Waals surface area (Å²) in [7, 11) is -3.37. The van der Waals surface area contributed by atoms with Gasteiger partial charge in [0, 0.05) is 23.4 Å². The summed E-state index contributed by atoms with van der Waals surface area (Å²) < 4.78 is 38.7. The van der Waals surface area contributed by atoms with Crippen LogP contribution in [-0.2, 0) is 9.84 Å². The zero-order valence-electron chi connectivity index (χ0n) is 14.5. The molecule has 0 amide bonds. The molecule has 27 heavy (non-hydrogen) atoms. The molecular formula is C18H14FN5O2S. The number of rotatable bonds is 3. The lowest BCUT2D eigenvalue weighted by atomic mass is 10.1. The van der Waals surface area contributed by atoms with Gasteiger partial charge in [0.2, 0.25) is 5.95 Å². The number of aromatic nitrogens is 5. The molecule has 136 valence electrons. The van der Waals surface area contributed by atoms with Crippen LogP contribution in [0.4, 0.5) is 4.39 Å². The monoisotopic (exact) mass is 383 g/mol. The maximum Gasteiger partial charge on any atom is 0.238 e. The van der Waals surface area contributed by atoms with Gasteiger partial charge in [0.25, 0.3) is 0 Å². The second-order valence-corrected chi connectivity index (χ2v) is 8.04. The predicted molar refractivity (Wildman–Crippen MR) is 97.7 cm³/mol. The van der Waals surface area contributed by atoms with Crippen molar-refractivity contribution in [3.05, 3.63) is 60.3 Å². The fraction of sp³-hybridized carbons (Fsp3) is 0.111. The lowest BCUT2D eigenvalue weighted by molar-refractivity contribution is 0.564. The van der Waals surface area contributed by atoms with Crippen molar-refractivity contribution in [1.82, 2.24) is 25.0 Å². The van der Waals surface area contributed by atoms with E-state index in [0.29, 0.717) is 16.9 Å². The molecule has 0 unspecified atom stereocenters. The molecule has 0 N–H and O–H groups in total. The van der Waals surface area contributed by atoms with E-state index in [0.717, 1.165) is 17.2 Å². The molecule has 3 aromatic heterocycles. The van der Waals surface area contributed by atoms with Crippen molar-refractivity contribution in [1.29, 1.82) is 0 Å². The van der Waals surface area contributed by atoms with Gasteiger partial charge in [0.15, 0.2) is 14.9 Å². The maximum absolute atomic E-state index is 14.0. The van der Waals surface area contributed by atoms with Gasteiger partial charge in [-0.05, 0) is 43.3 Å². The number of nitrogens with zero attached hydrogens (tertiary/aromatic N) is 5. The summed E-state index contributed by atoms with van der Waals surface area (Å²) >= 11 is 0. The molecule has 3 heterocycles. The minimum absolute atomic E-state index is 0.0249. The van der Waals surface area contributed by atoms with Crippen molar-refractivity contribution >= 4 is 20.7 Å². The maximum atomic E-state index is 14.0. The van der Waals surface area contributed by atoms with Crippen LogP contribution in [0, 0.1) is 12.9 Å². The molecule has 0 aliphatic rings. The van der Waals surface area contributed by atoms with Gasteiger partial charge in [0.1, 0.15) is 11.4 Å². The Hall–Kier alpha value is -3.20. The van der Waals surface area contributed by atoms with Crippen molar-refractivity contribution < 1.29 is 12.8 Å². The summed E-state index contributed by atoms with van der Waals surface area (Å²) in [4.78, 5) is 7.82. The zero-order valence-corrected chi connectivity index (χ0v) is 15.3. The van der Waals surface area contributed by atoms with Gasteiger partial charge in [-0.15, -0.1) is 5.10 Å². The third-order valence-electron chi connectivity index (χ3n) is 4.18. The first kappa shape index (κ1) is 17.2. The second-order valence-electron chi connectivity index (χ2n) is 6.08. The lowest BCUT2D eigenvalue weighted by Crippen LogP contribution is -2.03. The average molecular weight is 383 g/mol. The summed E-state index contributed by atoms with van der Waals surface area (Å²) in [5.74, 6) is -0.631. The molecule has 0 fully saturated rings. The van der Waals surface area contributed by atoms with Crippen molar-refractivity contribution in [3.8, 4) is 16.9 Å². The van der Waals surface area contributed by atoms with E-state index in [4.69, 9.17) is 0 Å². The minimum atomic E-state index is -3.37. The molecule has 7 nitrogen and oxygen atoms in total. The van der Waals surface area contributed by atoms with Crippen LogP contribution in [0.25, 0.3) is 27.8 Å². The van der Waals surface area contributed by atoms with E-state index >= 15 is 0 Å². The van der Waals surface area contributed by atoms with Crippen molar-refractivity contribution in [2.45, 2.75) is 11.9 Å². The van der Waals surface area contributed by atoms with Gasteiger partial charge in [-0.3, -0.25) is 0 Å². The average Bonchev–Trinajstić information content (AvgIpc) is 3.02. The number of hydrogen-bond donors (Lipinski definition) is 0. The lowest BCUT2D eigenvalue weighted by Gasteiger charge is -2.05. The first-order chi connectivity index (χ1) is 12.8. The van der Waals surface area contributed by atoms with E-state index in [9.17, 15) is 12.8 Å². The summed E-state index contributed by atoms with van der Waals surface area (Å²) in [5, 5.41) is 9.00. The Balaban J connectivity index is 1.80. The van der Waals surface area contributed by atoms with E-state index in [1.165, 1.54) is 16.9 Å². The molecule has 0 saturated heterocycles. The molecule has 4 rings (SSSR count). The minimum Gasteiger partial charge on any atom is -0.236 e. The van der Waals surface area contributed by atoms with Crippen LogP contribution in [0.5, 0.6) is 0 Å². The van der Waals surface area contributed by atoms with E-state index in [2.05, 4.69) is 20.3 Å². The van der Waals surface area contributed by atoms with Crippen molar-refractivity contribution in [2.75, 3.05) is 6.26 Å². The number of halogens is 1. The van der Waals surface area contributed by atoms with Crippen molar-refractivity contribution in [3.63, 3.8) is 0 Å². The zero-order chi connectivity index (χ0) is 19.2. The van der Waals surface area contributed by atoms with Gasteiger partial charge in [-0.25, -0.2) is 23.1 Å². The molecule has 4 aromatic rings. The van der Waals surface area contributed by atoms with E-state index in [1.807, 2.05) is 6.07 Å². The standard InChI is InChI=1S/C18H14FN5O2S/c1-11-17(22-23-24(11)15-4-3-9-20-18(15)19)13-5-7-14-12(10-13)6-8-16(21-14)27(2,25)26/h3-10H,1-2H3. The topological polar surface area (TPSA) is 90.6 Å². The predicted octanol–water partition coefficient (Wildman–Crippen LogP) is 2.73. The Labute approximate surface area is 154 Å². The van der Waals surface area contributed by atoms with Crippen molar-refractivity contribution in [2.24, 2.45) is 0 Å². The molecule has 0 bridgehead atoms. The van der Waals surface area contributed by atoms with Crippen LogP contribution in [-0.4, -0.2) is 39.6 Å². The van der Waals surface area contributed by atoms with Gasteiger partial charge < -0.3 is 0 Å². The Bertz CT molecular complexity index is 1280. The second kappa shape index (κ2) is 6.20. The fourth-order valence-corrected chi connectivity index (χ4v) is 3.40. The van der Waals surface area contributed by atoms with Gasteiger partial charge in [0.05, 0.1) is 11.2 Å². The van der Waals surface area contributed by atoms with Crippen LogP contribution in [0.2, 0.25) is 0 Å². The molecule has 0 spiro atoms. The fourth-order valence-electron chi connectivity index (χ4n) is 2.82.